The Balaban J connectivity index is 2.70. The van der Waals surface area contributed by atoms with Gasteiger partial charge in [-0.3, -0.25) is 4.79 Å². The van der Waals surface area contributed by atoms with Gasteiger partial charge in [0.1, 0.15) is 0 Å². The van der Waals surface area contributed by atoms with Crippen molar-refractivity contribution in [1.82, 2.24) is 5.32 Å². The summed E-state index contributed by atoms with van der Waals surface area (Å²) in [4.78, 5) is 11.7. The van der Waals surface area contributed by atoms with Crippen molar-refractivity contribution in [2.24, 2.45) is 11.8 Å². The lowest BCUT2D eigenvalue weighted by molar-refractivity contribution is -0.142. The van der Waals surface area contributed by atoms with E-state index in [1.54, 1.807) is 0 Å². The van der Waals surface area contributed by atoms with Crippen molar-refractivity contribution in [3.63, 3.8) is 0 Å². The number of carbonyl (C=O) groups is 1. The highest BCUT2D eigenvalue weighted by molar-refractivity contribution is 5.70. The first-order valence-corrected chi connectivity index (χ1v) is 7.85. The van der Waals surface area contributed by atoms with E-state index in [1.165, 1.54) is 26.4 Å². The van der Waals surface area contributed by atoms with E-state index in [1.807, 2.05) is 0 Å². The van der Waals surface area contributed by atoms with Crippen LogP contribution in [0.15, 0.2) is 0 Å². The number of nitrogens with one attached hydrogen (secondary N) is 1. The molecule has 2 atom stereocenters. The summed E-state index contributed by atoms with van der Waals surface area (Å²) in [5, 5.41) is 3.65. The number of carbonyl (C=O) groups excluding carboxylic acids is 1. The summed E-state index contributed by atoms with van der Waals surface area (Å²) in [5.74, 6) is 1.48. The maximum absolute atomic E-state index is 11.7. The Morgan fingerprint density at radius 1 is 1.37 bits per heavy atom. The molecular formula is C16H31NO2. The smallest absolute Gasteiger partial charge is 0.307 e. The van der Waals surface area contributed by atoms with Gasteiger partial charge in [0.05, 0.1) is 13.5 Å². The van der Waals surface area contributed by atoms with Gasteiger partial charge in [-0.05, 0) is 44.1 Å². The second-order valence-corrected chi connectivity index (χ2v) is 6.40. The van der Waals surface area contributed by atoms with Crippen LogP contribution in [0.1, 0.15) is 65.7 Å². The molecule has 1 fully saturated rings. The maximum Gasteiger partial charge on any atom is 0.307 e. The predicted molar refractivity (Wildman–Crippen MR) is 79.1 cm³/mol. The number of hydrogen-bond donors (Lipinski definition) is 1. The molecule has 0 amide bonds. The molecule has 1 rings (SSSR count). The molecule has 1 N–H and O–H groups in total. The molecule has 1 saturated carbocycles. The molecular weight excluding hydrogens is 238 g/mol. The lowest BCUT2D eigenvalue weighted by atomic mass is 9.84. The Morgan fingerprint density at radius 3 is 2.68 bits per heavy atom. The molecule has 19 heavy (non-hydrogen) atoms. The molecule has 0 spiro atoms. The summed E-state index contributed by atoms with van der Waals surface area (Å²) in [6.45, 7) is 7.80. The zero-order valence-corrected chi connectivity index (χ0v) is 13.1. The van der Waals surface area contributed by atoms with E-state index < -0.39 is 0 Å². The number of rotatable bonds is 6. The summed E-state index contributed by atoms with van der Waals surface area (Å²) < 4.78 is 4.89. The van der Waals surface area contributed by atoms with E-state index >= 15 is 0 Å². The predicted octanol–water partition coefficient (Wildman–Crippen LogP) is 3.52. The van der Waals surface area contributed by atoms with E-state index in [9.17, 15) is 4.79 Å². The average Bonchev–Trinajstić information content (AvgIpc) is 2.59. The highest BCUT2D eigenvalue weighted by Gasteiger charge is 2.35. The summed E-state index contributed by atoms with van der Waals surface area (Å²) in [6, 6.07) is 0. The van der Waals surface area contributed by atoms with Crippen LogP contribution in [0.5, 0.6) is 0 Å². The molecule has 0 heterocycles. The zero-order valence-electron chi connectivity index (χ0n) is 13.1. The number of hydrogen-bond acceptors (Lipinski definition) is 3. The minimum atomic E-state index is -0.0772. The SMILES string of the molecule is CCCNC1(CC(=O)OC)CCCC(C(C)C)CC1. The highest BCUT2D eigenvalue weighted by Crippen LogP contribution is 2.36. The van der Waals surface area contributed by atoms with Gasteiger partial charge >= 0.3 is 5.97 Å². The quantitative estimate of drug-likeness (QED) is 0.592. The molecule has 0 aromatic rings. The summed E-state index contributed by atoms with van der Waals surface area (Å²) in [6.07, 6.45) is 7.58. The summed E-state index contributed by atoms with van der Waals surface area (Å²) in [7, 11) is 1.49. The van der Waals surface area contributed by atoms with E-state index in [-0.39, 0.29) is 11.5 Å². The van der Waals surface area contributed by atoms with Gasteiger partial charge in [-0.2, -0.15) is 0 Å². The lowest BCUT2D eigenvalue weighted by Crippen LogP contribution is -2.47. The van der Waals surface area contributed by atoms with Crippen molar-refractivity contribution < 1.29 is 9.53 Å². The Kier molecular flexibility index (Phi) is 6.84. The molecule has 0 saturated heterocycles. The van der Waals surface area contributed by atoms with Gasteiger partial charge in [-0.1, -0.05) is 33.6 Å². The minimum Gasteiger partial charge on any atom is -0.469 e. The van der Waals surface area contributed by atoms with Crippen LogP contribution in [0, 0.1) is 11.8 Å². The number of esters is 1. The van der Waals surface area contributed by atoms with Crippen LogP contribution >= 0.6 is 0 Å². The molecule has 0 bridgehead atoms. The largest absolute Gasteiger partial charge is 0.469 e. The van der Waals surface area contributed by atoms with E-state index in [4.69, 9.17) is 4.74 Å². The van der Waals surface area contributed by atoms with Crippen molar-refractivity contribution in [3.05, 3.63) is 0 Å². The fourth-order valence-electron chi connectivity index (χ4n) is 3.26. The first kappa shape index (κ1) is 16.5. The highest BCUT2D eigenvalue weighted by atomic mass is 16.5. The van der Waals surface area contributed by atoms with Gasteiger partial charge in [0.15, 0.2) is 0 Å². The van der Waals surface area contributed by atoms with Gasteiger partial charge < -0.3 is 10.1 Å². The number of methoxy groups -OCH3 is 1. The van der Waals surface area contributed by atoms with Gasteiger partial charge in [0, 0.05) is 5.54 Å². The second kappa shape index (κ2) is 7.88. The number of ether oxygens (including phenoxy) is 1. The summed E-state index contributed by atoms with van der Waals surface area (Å²) in [5.41, 5.74) is -0.0211. The normalized spacial score (nSPS) is 28.2. The Morgan fingerprint density at radius 2 is 2.11 bits per heavy atom. The summed E-state index contributed by atoms with van der Waals surface area (Å²) >= 11 is 0. The standard InChI is InChI=1S/C16H31NO2/c1-5-11-17-16(12-15(18)19-4)9-6-7-14(8-10-16)13(2)3/h13-14,17H,5-12H2,1-4H3. The van der Waals surface area contributed by atoms with E-state index in [0.29, 0.717) is 6.42 Å². The molecule has 3 heteroatoms. The van der Waals surface area contributed by atoms with Crippen LogP contribution in [0.4, 0.5) is 0 Å². The molecule has 112 valence electrons. The van der Waals surface area contributed by atoms with Gasteiger partial charge in [-0.25, -0.2) is 0 Å². The molecule has 0 aromatic carbocycles. The first-order chi connectivity index (χ1) is 9.03. The first-order valence-electron chi connectivity index (χ1n) is 7.85. The van der Waals surface area contributed by atoms with Gasteiger partial charge in [-0.15, -0.1) is 0 Å². The third kappa shape index (κ3) is 5.13. The van der Waals surface area contributed by atoms with Crippen LogP contribution in [-0.2, 0) is 9.53 Å². The second-order valence-electron chi connectivity index (χ2n) is 6.40. The lowest BCUT2D eigenvalue weighted by Gasteiger charge is -2.33. The third-order valence-corrected chi connectivity index (χ3v) is 4.63. The van der Waals surface area contributed by atoms with Crippen LogP contribution in [0.3, 0.4) is 0 Å². The van der Waals surface area contributed by atoms with Crippen LogP contribution in [0.25, 0.3) is 0 Å². The topological polar surface area (TPSA) is 38.3 Å². The monoisotopic (exact) mass is 269 g/mol. The Hall–Kier alpha value is -0.570. The van der Waals surface area contributed by atoms with Crippen molar-refractivity contribution in [2.45, 2.75) is 71.3 Å². The van der Waals surface area contributed by atoms with E-state index in [0.717, 1.165) is 37.6 Å². The van der Waals surface area contributed by atoms with Crippen molar-refractivity contribution in [1.29, 1.82) is 0 Å². The Labute approximate surface area is 118 Å². The molecule has 0 radical (unpaired) electrons. The van der Waals surface area contributed by atoms with Crippen molar-refractivity contribution in [2.75, 3.05) is 13.7 Å². The third-order valence-electron chi connectivity index (χ3n) is 4.63. The molecule has 1 aliphatic carbocycles. The molecule has 2 unspecified atom stereocenters. The zero-order chi connectivity index (χ0) is 14.3. The van der Waals surface area contributed by atoms with Crippen LogP contribution in [0.2, 0.25) is 0 Å². The molecule has 1 aliphatic rings. The average molecular weight is 269 g/mol. The molecule has 0 aromatic heterocycles. The van der Waals surface area contributed by atoms with Crippen LogP contribution < -0.4 is 5.32 Å². The Bertz CT molecular complexity index is 278. The van der Waals surface area contributed by atoms with Gasteiger partial charge in [0.25, 0.3) is 0 Å². The van der Waals surface area contributed by atoms with Gasteiger partial charge in [0.2, 0.25) is 0 Å². The fraction of sp³-hybridized carbons (Fsp3) is 0.938. The molecule has 0 aliphatic heterocycles. The minimum absolute atomic E-state index is 0.0211. The molecule has 3 nitrogen and oxygen atoms in total. The maximum atomic E-state index is 11.7. The van der Waals surface area contributed by atoms with Crippen molar-refractivity contribution in [3.8, 4) is 0 Å². The van der Waals surface area contributed by atoms with Crippen molar-refractivity contribution >= 4 is 5.97 Å². The fourth-order valence-corrected chi connectivity index (χ4v) is 3.26. The van der Waals surface area contributed by atoms with Crippen LogP contribution in [-0.4, -0.2) is 25.2 Å². The van der Waals surface area contributed by atoms with E-state index in [2.05, 4.69) is 26.1 Å².